The van der Waals surface area contributed by atoms with E-state index in [-0.39, 0.29) is 21.6 Å². The molecule has 9 nitrogen and oxygen atoms in total. The van der Waals surface area contributed by atoms with Crippen molar-refractivity contribution < 1.29 is 42.9 Å². The number of hydrogen-bond acceptors (Lipinski definition) is 9. The first kappa shape index (κ1) is 23.9. The Bertz CT molecular complexity index is 767. The summed E-state index contributed by atoms with van der Waals surface area (Å²) >= 11 is -0.366. The van der Waals surface area contributed by atoms with Crippen LogP contribution in [0.1, 0.15) is 27.7 Å². The summed E-state index contributed by atoms with van der Waals surface area (Å²) in [5.74, 6) is -2.44. The van der Waals surface area contributed by atoms with Crippen molar-refractivity contribution in [2.75, 3.05) is 6.61 Å². The van der Waals surface area contributed by atoms with Crippen LogP contribution < -0.4 is 4.46 Å². The number of carbonyl (C=O) groups excluding carboxylic acids is 4. The maximum absolute atomic E-state index is 11.8. The van der Waals surface area contributed by atoms with E-state index < -0.39 is 53.3 Å². The fraction of sp³-hybridized carbons (Fsp3) is 0.500. The van der Waals surface area contributed by atoms with Gasteiger partial charge in [-0.25, -0.2) is 0 Å². The van der Waals surface area contributed by atoms with Crippen molar-refractivity contribution in [1.29, 1.82) is 0 Å². The maximum atomic E-state index is 11.8. The Morgan fingerprint density at radius 2 is 1.33 bits per heavy atom. The second-order valence-electron chi connectivity index (χ2n) is 6.50. The van der Waals surface area contributed by atoms with Gasteiger partial charge in [0.25, 0.3) is 0 Å². The molecule has 164 valence electrons. The van der Waals surface area contributed by atoms with Crippen LogP contribution in [0.2, 0.25) is 0 Å². The summed E-state index contributed by atoms with van der Waals surface area (Å²) in [6, 6.07) is 9.39. The van der Waals surface area contributed by atoms with Crippen molar-refractivity contribution in [3.8, 4) is 0 Å². The van der Waals surface area contributed by atoms with E-state index in [4.69, 9.17) is 23.7 Å². The van der Waals surface area contributed by atoms with E-state index in [1.807, 2.05) is 30.3 Å². The second kappa shape index (κ2) is 11.1. The van der Waals surface area contributed by atoms with Gasteiger partial charge < -0.3 is 0 Å². The predicted octanol–water partition coefficient (Wildman–Crippen LogP) is 0.0992. The van der Waals surface area contributed by atoms with Crippen LogP contribution in [0.3, 0.4) is 0 Å². The van der Waals surface area contributed by atoms with Gasteiger partial charge in [-0.1, -0.05) is 0 Å². The molecule has 0 radical (unpaired) electrons. The number of carbonyl (C=O) groups is 4. The van der Waals surface area contributed by atoms with Crippen molar-refractivity contribution in [3.05, 3.63) is 30.3 Å². The quantitative estimate of drug-likeness (QED) is 0.300. The van der Waals surface area contributed by atoms with Gasteiger partial charge in [0.15, 0.2) is 0 Å². The zero-order valence-electron chi connectivity index (χ0n) is 17.1. The van der Waals surface area contributed by atoms with Crippen LogP contribution in [-0.4, -0.2) is 74.9 Å². The van der Waals surface area contributed by atoms with E-state index in [9.17, 15) is 19.2 Å². The molecular formula is C20H24O9Se. The molecule has 0 aliphatic carbocycles. The van der Waals surface area contributed by atoms with Crippen LogP contribution in [0.4, 0.5) is 0 Å². The van der Waals surface area contributed by atoms with E-state index in [1.165, 1.54) is 27.7 Å². The third-order valence-corrected chi connectivity index (χ3v) is 6.37. The summed E-state index contributed by atoms with van der Waals surface area (Å²) in [6.45, 7) is 4.63. The molecule has 1 aliphatic heterocycles. The molecule has 1 heterocycles. The molecule has 0 aromatic heterocycles. The summed E-state index contributed by atoms with van der Waals surface area (Å²) in [4.78, 5) is 46.6. The molecule has 0 unspecified atom stereocenters. The molecule has 0 bridgehead atoms. The van der Waals surface area contributed by atoms with Crippen molar-refractivity contribution in [1.82, 2.24) is 0 Å². The minimum atomic E-state index is -1.13. The summed E-state index contributed by atoms with van der Waals surface area (Å²) in [6.07, 6.45) is -4.17. The molecule has 1 fully saturated rings. The molecule has 1 aliphatic rings. The molecule has 5 atom stereocenters. The van der Waals surface area contributed by atoms with Gasteiger partial charge in [0.2, 0.25) is 0 Å². The Labute approximate surface area is 180 Å². The molecule has 0 saturated carbocycles. The van der Waals surface area contributed by atoms with Gasteiger partial charge in [-0.15, -0.1) is 0 Å². The van der Waals surface area contributed by atoms with Crippen LogP contribution in [0.25, 0.3) is 0 Å². The van der Waals surface area contributed by atoms with Crippen LogP contribution in [0.15, 0.2) is 30.3 Å². The molecule has 0 N–H and O–H groups in total. The fourth-order valence-electron chi connectivity index (χ4n) is 2.92. The molecule has 0 spiro atoms. The topological polar surface area (TPSA) is 114 Å². The Morgan fingerprint density at radius 3 is 1.87 bits per heavy atom. The monoisotopic (exact) mass is 488 g/mol. The number of ether oxygens (including phenoxy) is 5. The van der Waals surface area contributed by atoms with Crippen LogP contribution in [-0.2, 0) is 42.9 Å². The zero-order chi connectivity index (χ0) is 22.3. The first-order valence-corrected chi connectivity index (χ1v) is 11.0. The fourth-order valence-corrected chi connectivity index (χ4v) is 5.28. The van der Waals surface area contributed by atoms with Crippen molar-refractivity contribution in [3.63, 3.8) is 0 Å². The predicted molar refractivity (Wildman–Crippen MR) is 104 cm³/mol. The second-order valence-corrected chi connectivity index (χ2v) is 8.96. The van der Waals surface area contributed by atoms with Crippen molar-refractivity contribution in [2.45, 2.75) is 57.1 Å². The Kier molecular flexibility index (Phi) is 8.83. The van der Waals surface area contributed by atoms with E-state index in [0.29, 0.717) is 0 Å². The summed E-state index contributed by atoms with van der Waals surface area (Å²) in [7, 11) is 0. The van der Waals surface area contributed by atoms with Gasteiger partial charge in [0.1, 0.15) is 0 Å². The molecular weight excluding hydrogens is 463 g/mol. The Morgan fingerprint density at radius 1 is 0.800 bits per heavy atom. The third-order valence-electron chi connectivity index (χ3n) is 3.94. The number of esters is 4. The minimum absolute atomic E-state index is 0.223. The molecule has 0 amide bonds. The average Bonchev–Trinajstić information content (AvgIpc) is 2.64. The van der Waals surface area contributed by atoms with Gasteiger partial charge in [0, 0.05) is 0 Å². The normalized spacial score (nSPS) is 25.7. The van der Waals surface area contributed by atoms with Crippen molar-refractivity contribution >= 4 is 43.3 Å². The summed E-state index contributed by atoms with van der Waals surface area (Å²) < 4.78 is 28.3. The first-order valence-electron chi connectivity index (χ1n) is 9.19. The van der Waals surface area contributed by atoms with E-state index >= 15 is 0 Å². The average molecular weight is 487 g/mol. The van der Waals surface area contributed by atoms with Crippen LogP contribution in [0.5, 0.6) is 0 Å². The SMILES string of the molecule is CC(=O)OC[C@H]1O[C@H]([Se]c2ccccc2)[C@H](OC(C)=O)[C@@H](OC(C)=O)[C@@H]1OC(C)=O. The molecule has 1 aromatic carbocycles. The molecule has 10 heteroatoms. The van der Waals surface area contributed by atoms with Gasteiger partial charge in [0.05, 0.1) is 0 Å². The Hall–Kier alpha value is -2.42. The zero-order valence-corrected chi connectivity index (χ0v) is 18.8. The van der Waals surface area contributed by atoms with Crippen molar-refractivity contribution in [2.24, 2.45) is 0 Å². The number of hydrogen-bond donors (Lipinski definition) is 0. The van der Waals surface area contributed by atoms with Gasteiger partial charge in [-0.05, 0) is 0 Å². The van der Waals surface area contributed by atoms with Crippen LogP contribution in [0, 0.1) is 0 Å². The van der Waals surface area contributed by atoms with Gasteiger partial charge >= 0.3 is 180 Å². The molecule has 30 heavy (non-hydrogen) atoms. The molecule has 1 aromatic rings. The number of rotatable bonds is 7. The van der Waals surface area contributed by atoms with Crippen LogP contribution >= 0.6 is 0 Å². The number of benzene rings is 1. The van der Waals surface area contributed by atoms with E-state index in [2.05, 4.69) is 0 Å². The summed E-state index contributed by atoms with van der Waals surface area (Å²) in [5, 5.41) is -0.680. The molecule has 2 rings (SSSR count). The first-order chi connectivity index (χ1) is 14.2. The van der Waals surface area contributed by atoms with Gasteiger partial charge in [-0.2, -0.15) is 0 Å². The van der Waals surface area contributed by atoms with Gasteiger partial charge in [-0.3, -0.25) is 0 Å². The summed E-state index contributed by atoms with van der Waals surface area (Å²) in [5.41, 5.74) is 0. The molecule has 1 saturated heterocycles. The third kappa shape index (κ3) is 7.12. The standard InChI is InChI=1S/C20H24O9Se/c1-11(21)25-10-16-17(26-12(2)22)18(27-13(3)23)19(28-14(4)24)20(29-16)30-15-8-6-5-7-9-15/h5-9,16-20H,10H2,1-4H3/t16-,17-,18+,19-,20-/m1/s1. The Balaban J connectivity index is 2.42. The van der Waals surface area contributed by atoms with E-state index in [0.717, 1.165) is 4.46 Å². The van der Waals surface area contributed by atoms with E-state index in [1.54, 1.807) is 0 Å².